The highest BCUT2D eigenvalue weighted by molar-refractivity contribution is 5.71. The second-order valence-electron chi connectivity index (χ2n) is 3.44. The molecule has 1 N–H and O–H groups in total. The predicted octanol–water partition coefficient (Wildman–Crippen LogP) is 2.53. The number of carboxylic acids is 1. The Morgan fingerprint density at radius 1 is 1.44 bits per heavy atom. The van der Waals surface area contributed by atoms with Gasteiger partial charge in [-0.25, -0.2) is 0 Å². The molecular formula is C11H12F2O3. The van der Waals surface area contributed by atoms with Crippen LogP contribution in [0.5, 0.6) is 5.75 Å². The smallest absolute Gasteiger partial charge is 0.387 e. The third kappa shape index (κ3) is 2.92. The van der Waals surface area contributed by atoms with Crippen LogP contribution >= 0.6 is 0 Å². The molecule has 0 bridgehead atoms. The lowest BCUT2D eigenvalue weighted by Gasteiger charge is -2.14. The van der Waals surface area contributed by atoms with E-state index in [0.29, 0.717) is 5.56 Å². The molecule has 0 aromatic heterocycles. The van der Waals surface area contributed by atoms with E-state index in [1.165, 1.54) is 6.07 Å². The van der Waals surface area contributed by atoms with Crippen molar-refractivity contribution < 1.29 is 23.4 Å². The SMILES string of the molecule is Cc1ccc(CC(=O)O)c(OC(F)F)c1C. The van der Waals surface area contributed by atoms with E-state index in [0.717, 1.165) is 5.56 Å². The average Bonchev–Trinajstić information content (AvgIpc) is 2.16. The van der Waals surface area contributed by atoms with Crippen LogP contribution in [0.15, 0.2) is 12.1 Å². The molecule has 0 amide bonds. The summed E-state index contributed by atoms with van der Waals surface area (Å²) < 4.78 is 28.7. The molecule has 0 heterocycles. The Bertz CT molecular complexity index is 402. The molecule has 16 heavy (non-hydrogen) atoms. The van der Waals surface area contributed by atoms with Gasteiger partial charge in [0.25, 0.3) is 0 Å². The Kier molecular flexibility index (Phi) is 3.82. The third-order valence-electron chi connectivity index (χ3n) is 2.31. The van der Waals surface area contributed by atoms with Gasteiger partial charge in [-0.1, -0.05) is 12.1 Å². The summed E-state index contributed by atoms with van der Waals surface area (Å²) in [4.78, 5) is 10.6. The van der Waals surface area contributed by atoms with Gasteiger partial charge in [0, 0.05) is 5.56 Å². The summed E-state index contributed by atoms with van der Waals surface area (Å²) in [5.74, 6) is -1.11. The first-order valence-corrected chi connectivity index (χ1v) is 4.67. The summed E-state index contributed by atoms with van der Waals surface area (Å²) in [7, 11) is 0. The molecule has 1 aromatic carbocycles. The van der Waals surface area contributed by atoms with E-state index in [-0.39, 0.29) is 17.7 Å². The fourth-order valence-electron chi connectivity index (χ4n) is 1.40. The van der Waals surface area contributed by atoms with Crippen molar-refractivity contribution in [3.05, 3.63) is 28.8 Å². The molecule has 1 aromatic rings. The molecule has 0 radical (unpaired) electrons. The van der Waals surface area contributed by atoms with Gasteiger partial charge < -0.3 is 9.84 Å². The number of hydrogen-bond donors (Lipinski definition) is 1. The normalized spacial score (nSPS) is 10.6. The van der Waals surface area contributed by atoms with Crippen LogP contribution in [0.2, 0.25) is 0 Å². The Labute approximate surface area is 91.7 Å². The molecule has 88 valence electrons. The first kappa shape index (κ1) is 12.4. The molecule has 0 spiro atoms. The van der Waals surface area contributed by atoms with Crippen molar-refractivity contribution in [2.75, 3.05) is 0 Å². The van der Waals surface area contributed by atoms with Crippen LogP contribution in [0, 0.1) is 13.8 Å². The second-order valence-corrected chi connectivity index (χ2v) is 3.44. The summed E-state index contributed by atoms with van der Waals surface area (Å²) in [6.07, 6.45) is -0.330. The van der Waals surface area contributed by atoms with Gasteiger partial charge in [0.2, 0.25) is 0 Å². The number of benzene rings is 1. The highest BCUT2D eigenvalue weighted by Crippen LogP contribution is 2.28. The Hall–Kier alpha value is -1.65. The minimum atomic E-state index is -2.95. The number of aliphatic carboxylic acids is 1. The number of carbonyl (C=O) groups is 1. The van der Waals surface area contributed by atoms with Gasteiger partial charge in [0.15, 0.2) is 0 Å². The van der Waals surface area contributed by atoms with Gasteiger partial charge in [-0.2, -0.15) is 8.78 Å². The minimum absolute atomic E-state index is 0.0302. The molecule has 0 saturated heterocycles. The van der Waals surface area contributed by atoms with Crippen molar-refractivity contribution in [3.8, 4) is 5.75 Å². The highest BCUT2D eigenvalue weighted by atomic mass is 19.3. The van der Waals surface area contributed by atoms with Crippen molar-refractivity contribution in [3.63, 3.8) is 0 Å². The average molecular weight is 230 g/mol. The maximum atomic E-state index is 12.2. The van der Waals surface area contributed by atoms with Gasteiger partial charge in [-0.15, -0.1) is 0 Å². The molecule has 0 unspecified atom stereocenters. The zero-order chi connectivity index (χ0) is 12.3. The van der Waals surface area contributed by atoms with Crippen molar-refractivity contribution >= 4 is 5.97 Å². The fourth-order valence-corrected chi connectivity index (χ4v) is 1.40. The number of aryl methyl sites for hydroxylation is 1. The third-order valence-corrected chi connectivity index (χ3v) is 2.31. The summed E-state index contributed by atoms with van der Waals surface area (Å²) in [6.45, 7) is 0.421. The summed E-state index contributed by atoms with van der Waals surface area (Å²) >= 11 is 0. The molecule has 3 nitrogen and oxygen atoms in total. The van der Waals surface area contributed by atoms with Gasteiger partial charge >= 0.3 is 12.6 Å². The quantitative estimate of drug-likeness (QED) is 0.864. The summed E-state index contributed by atoms with van der Waals surface area (Å²) in [5, 5.41) is 8.64. The summed E-state index contributed by atoms with van der Waals surface area (Å²) in [5.41, 5.74) is 1.58. The minimum Gasteiger partial charge on any atom is -0.481 e. The highest BCUT2D eigenvalue weighted by Gasteiger charge is 2.15. The topological polar surface area (TPSA) is 46.5 Å². The molecule has 0 fully saturated rings. The van der Waals surface area contributed by atoms with E-state index in [1.807, 2.05) is 0 Å². The van der Waals surface area contributed by atoms with Gasteiger partial charge in [0.05, 0.1) is 6.42 Å². The maximum Gasteiger partial charge on any atom is 0.387 e. The van der Waals surface area contributed by atoms with Gasteiger partial charge in [-0.05, 0) is 25.0 Å². The van der Waals surface area contributed by atoms with E-state index in [4.69, 9.17) is 5.11 Å². The van der Waals surface area contributed by atoms with Crippen LogP contribution in [0.3, 0.4) is 0 Å². The largest absolute Gasteiger partial charge is 0.481 e. The fraction of sp³-hybridized carbons (Fsp3) is 0.364. The predicted molar refractivity (Wildman–Crippen MR) is 53.9 cm³/mol. The zero-order valence-corrected chi connectivity index (χ0v) is 8.96. The standard InChI is InChI=1S/C11H12F2O3/c1-6-3-4-8(5-9(14)15)10(7(6)2)16-11(12)13/h3-4,11H,5H2,1-2H3,(H,14,15). The van der Waals surface area contributed by atoms with E-state index in [1.54, 1.807) is 19.9 Å². The van der Waals surface area contributed by atoms with E-state index < -0.39 is 12.6 Å². The Balaban J connectivity index is 3.15. The number of ether oxygens (including phenoxy) is 1. The molecule has 0 aliphatic rings. The molecule has 0 atom stereocenters. The molecule has 0 saturated carbocycles. The van der Waals surface area contributed by atoms with Crippen molar-refractivity contribution in [2.45, 2.75) is 26.9 Å². The molecule has 1 rings (SSSR count). The monoisotopic (exact) mass is 230 g/mol. The lowest BCUT2D eigenvalue weighted by Crippen LogP contribution is -2.09. The van der Waals surface area contributed by atoms with Crippen LogP contribution in [0.1, 0.15) is 16.7 Å². The first-order valence-electron chi connectivity index (χ1n) is 4.67. The molecule has 0 aliphatic carbocycles. The lowest BCUT2D eigenvalue weighted by molar-refractivity contribution is -0.136. The van der Waals surface area contributed by atoms with E-state index in [9.17, 15) is 13.6 Å². The number of rotatable bonds is 4. The van der Waals surface area contributed by atoms with Gasteiger partial charge in [0.1, 0.15) is 5.75 Å². The van der Waals surface area contributed by atoms with Crippen LogP contribution < -0.4 is 4.74 Å². The van der Waals surface area contributed by atoms with Crippen molar-refractivity contribution in [2.24, 2.45) is 0 Å². The van der Waals surface area contributed by atoms with Crippen LogP contribution in [-0.2, 0) is 11.2 Å². The second kappa shape index (κ2) is 4.92. The molecular weight excluding hydrogens is 218 g/mol. The zero-order valence-electron chi connectivity index (χ0n) is 8.96. The van der Waals surface area contributed by atoms with Gasteiger partial charge in [-0.3, -0.25) is 4.79 Å². The number of alkyl halides is 2. The maximum absolute atomic E-state index is 12.2. The molecule has 0 aliphatic heterocycles. The van der Waals surface area contributed by atoms with Crippen LogP contribution in [0.4, 0.5) is 8.78 Å². The summed E-state index contributed by atoms with van der Waals surface area (Å²) in [6, 6.07) is 3.18. The Morgan fingerprint density at radius 3 is 2.56 bits per heavy atom. The van der Waals surface area contributed by atoms with E-state index >= 15 is 0 Å². The number of hydrogen-bond acceptors (Lipinski definition) is 2. The number of halogens is 2. The number of carboxylic acid groups (broad SMARTS) is 1. The first-order chi connectivity index (χ1) is 7.41. The molecule has 5 heteroatoms. The van der Waals surface area contributed by atoms with Crippen molar-refractivity contribution in [1.82, 2.24) is 0 Å². The van der Waals surface area contributed by atoms with Crippen molar-refractivity contribution in [1.29, 1.82) is 0 Å². The Morgan fingerprint density at radius 2 is 2.06 bits per heavy atom. The van der Waals surface area contributed by atoms with Crippen LogP contribution in [0.25, 0.3) is 0 Å². The van der Waals surface area contributed by atoms with E-state index in [2.05, 4.69) is 4.74 Å². The van der Waals surface area contributed by atoms with Crippen LogP contribution in [-0.4, -0.2) is 17.7 Å². The lowest BCUT2D eigenvalue weighted by atomic mass is 10.0.